The largest absolute Gasteiger partial charge is 0.481 e. The van der Waals surface area contributed by atoms with E-state index in [0.717, 1.165) is 24.3 Å². The number of hydrogen-bond acceptors (Lipinski definition) is 3. The molecule has 0 bridgehead atoms. The summed E-state index contributed by atoms with van der Waals surface area (Å²) in [6, 6.07) is 7.47. The highest BCUT2D eigenvalue weighted by Crippen LogP contribution is 2.23. The first-order valence-electron chi connectivity index (χ1n) is 7.75. The molecule has 1 aromatic rings. The second-order valence-electron chi connectivity index (χ2n) is 6.03. The molecule has 21 heavy (non-hydrogen) atoms. The topological polar surface area (TPSA) is 58.6 Å². The van der Waals surface area contributed by atoms with Gasteiger partial charge in [0.25, 0.3) is 5.91 Å². The van der Waals surface area contributed by atoms with Gasteiger partial charge in [0.1, 0.15) is 5.75 Å². The normalized spacial score (nSPS) is 23.4. The van der Waals surface area contributed by atoms with E-state index in [-0.39, 0.29) is 18.6 Å². The van der Waals surface area contributed by atoms with E-state index < -0.39 is 6.10 Å². The molecule has 0 aromatic heterocycles. The summed E-state index contributed by atoms with van der Waals surface area (Å²) in [4.78, 5) is 12.2. The summed E-state index contributed by atoms with van der Waals surface area (Å²) in [7, 11) is 0. The van der Waals surface area contributed by atoms with Gasteiger partial charge in [0.15, 0.2) is 6.10 Å². The average molecular weight is 291 g/mol. The number of aliphatic hydroxyl groups is 1. The molecule has 0 saturated heterocycles. The molecule has 0 aliphatic heterocycles. The molecular formula is C17H25NO3. The summed E-state index contributed by atoms with van der Waals surface area (Å²) in [6.45, 7) is 3.99. The van der Waals surface area contributed by atoms with Gasteiger partial charge >= 0.3 is 0 Å². The van der Waals surface area contributed by atoms with E-state index in [0.29, 0.717) is 5.75 Å². The number of amides is 1. The molecule has 1 aliphatic rings. The fraction of sp³-hybridized carbons (Fsp3) is 0.588. The maximum atomic E-state index is 12.2. The Labute approximate surface area is 126 Å². The molecule has 1 amide bonds. The molecule has 2 rings (SSSR count). The molecule has 116 valence electrons. The third kappa shape index (κ3) is 4.74. The van der Waals surface area contributed by atoms with E-state index in [1.165, 1.54) is 12.8 Å². The van der Waals surface area contributed by atoms with Gasteiger partial charge in [-0.15, -0.1) is 0 Å². The number of aliphatic hydroxyl groups excluding tert-OH is 1. The summed E-state index contributed by atoms with van der Waals surface area (Å²) in [6.07, 6.45) is 3.94. The number of hydrogen-bond donors (Lipinski definition) is 2. The van der Waals surface area contributed by atoms with Crippen molar-refractivity contribution < 1.29 is 14.6 Å². The fourth-order valence-corrected chi connectivity index (χ4v) is 2.70. The molecule has 1 unspecified atom stereocenters. The standard InChI is InChI=1S/C17H25NO3/c1-12-6-8-15(9-7-12)18-17(20)13(2)21-16-5-3-4-14(10-16)11-19/h3-5,10,12-13,15,19H,6-9,11H2,1-2H3,(H,18,20). The van der Waals surface area contributed by atoms with E-state index in [1.807, 2.05) is 12.1 Å². The highest BCUT2D eigenvalue weighted by molar-refractivity contribution is 5.81. The van der Waals surface area contributed by atoms with Crippen LogP contribution in [0.3, 0.4) is 0 Å². The first-order valence-corrected chi connectivity index (χ1v) is 7.75. The van der Waals surface area contributed by atoms with Crippen molar-refractivity contribution in [3.05, 3.63) is 29.8 Å². The number of nitrogens with one attached hydrogen (secondary N) is 1. The molecule has 1 saturated carbocycles. The lowest BCUT2D eigenvalue weighted by molar-refractivity contribution is -0.128. The van der Waals surface area contributed by atoms with Crippen LogP contribution in [-0.4, -0.2) is 23.2 Å². The summed E-state index contributed by atoms with van der Waals surface area (Å²) >= 11 is 0. The lowest BCUT2D eigenvalue weighted by Gasteiger charge is -2.28. The maximum absolute atomic E-state index is 12.2. The molecule has 0 spiro atoms. The lowest BCUT2D eigenvalue weighted by atomic mass is 9.87. The number of rotatable bonds is 5. The Hall–Kier alpha value is -1.55. The highest BCUT2D eigenvalue weighted by Gasteiger charge is 2.22. The van der Waals surface area contributed by atoms with Crippen LogP contribution in [0.1, 0.15) is 45.1 Å². The van der Waals surface area contributed by atoms with E-state index in [2.05, 4.69) is 12.2 Å². The molecule has 1 aromatic carbocycles. The predicted molar refractivity (Wildman–Crippen MR) is 82.0 cm³/mol. The van der Waals surface area contributed by atoms with Crippen LogP contribution in [0, 0.1) is 5.92 Å². The number of carbonyl (C=O) groups excluding carboxylic acids is 1. The van der Waals surface area contributed by atoms with Crippen molar-refractivity contribution in [1.29, 1.82) is 0 Å². The van der Waals surface area contributed by atoms with Crippen molar-refractivity contribution in [2.24, 2.45) is 5.92 Å². The smallest absolute Gasteiger partial charge is 0.260 e. The second-order valence-corrected chi connectivity index (χ2v) is 6.03. The van der Waals surface area contributed by atoms with Gasteiger partial charge in [-0.1, -0.05) is 19.1 Å². The van der Waals surface area contributed by atoms with Gasteiger partial charge in [-0.25, -0.2) is 0 Å². The van der Waals surface area contributed by atoms with E-state index >= 15 is 0 Å². The van der Waals surface area contributed by atoms with Gasteiger partial charge in [0, 0.05) is 6.04 Å². The minimum absolute atomic E-state index is 0.0297. The van der Waals surface area contributed by atoms with Crippen molar-refractivity contribution >= 4 is 5.91 Å². The van der Waals surface area contributed by atoms with E-state index in [4.69, 9.17) is 9.84 Å². The highest BCUT2D eigenvalue weighted by atomic mass is 16.5. The first kappa shape index (κ1) is 15.8. The van der Waals surface area contributed by atoms with Crippen LogP contribution < -0.4 is 10.1 Å². The quantitative estimate of drug-likeness (QED) is 0.877. The molecule has 4 heteroatoms. The Bertz CT molecular complexity index is 467. The number of carbonyl (C=O) groups is 1. The van der Waals surface area contributed by atoms with Gasteiger partial charge in [0.05, 0.1) is 6.61 Å². The van der Waals surface area contributed by atoms with Crippen LogP contribution in [-0.2, 0) is 11.4 Å². The van der Waals surface area contributed by atoms with Crippen LogP contribution in [0.25, 0.3) is 0 Å². The van der Waals surface area contributed by atoms with Crippen molar-refractivity contribution in [1.82, 2.24) is 5.32 Å². The SMILES string of the molecule is CC1CCC(NC(=O)C(C)Oc2cccc(CO)c2)CC1. The summed E-state index contributed by atoms with van der Waals surface area (Å²) in [5, 5.41) is 12.2. The Morgan fingerprint density at radius 1 is 1.38 bits per heavy atom. The number of ether oxygens (including phenoxy) is 1. The minimum atomic E-state index is -0.529. The molecule has 0 heterocycles. The molecule has 1 atom stereocenters. The predicted octanol–water partition coefficient (Wildman–Crippen LogP) is 2.64. The summed E-state index contributed by atoms with van der Waals surface area (Å²) in [5.74, 6) is 1.32. The lowest BCUT2D eigenvalue weighted by Crippen LogP contribution is -2.43. The van der Waals surface area contributed by atoms with Gasteiger partial charge in [-0.05, 0) is 56.2 Å². The summed E-state index contributed by atoms with van der Waals surface area (Å²) in [5.41, 5.74) is 0.779. The third-order valence-electron chi connectivity index (χ3n) is 4.13. The molecular weight excluding hydrogens is 266 g/mol. The minimum Gasteiger partial charge on any atom is -0.481 e. The Morgan fingerprint density at radius 2 is 2.10 bits per heavy atom. The monoisotopic (exact) mass is 291 g/mol. The Kier molecular flexibility index (Phi) is 5.62. The van der Waals surface area contributed by atoms with E-state index in [9.17, 15) is 4.79 Å². The second kappa shape index (κ2) is 7.46. The van der Waals surface area contributed by atoms with Crippen molar-refractivity contribution in [2.45, 2.75) is 58.3 Å². The van der Waals surface area contributed by atoms with Crippen molar-refractivity contribution in [3.8, 4) is 5.75 Å². The van der Waals surface area contributed by atoms with Gasteiger partial charge in [0.2, 0.25) is 0 Å². The molecule has 2 N–H and O–H groups in total. The zero-order valence-electron chi connectivity index (χ0n) is 12.8. The van der Waals surface area contributed by atoms with Crippen molar-refractivity contribution in [3.63, 3.8) is 0 Å². The maximum Gasteiger partial charge on any atom is 0.260 e. The molecule has 1 fully saturated rings. The van der Waals surface area contributed by atoms with E-state index in [1.54, 1.807) is 19.1 Å². The molecule has 1 aliphatic carbocycles. The van der Waals surface area contributed by atoms with Crippen LogP contribution in [0.15, 0.2) is 24.3 Å². The molecule has 0 radical (unpaired) electrons. The summed E-state index contributed by atoms with van der Waals surface area (Å²) < 4.78 is 5.66. The van der Waals surface area contributed by atoms with Crippen LogP contribution in [0.4, 0.5) is 0 Å². The number of benzene rings is 1. The zero-order valence-corrected chi connectivity index (χ0v) is 12.8. The van der Waals surface area contributed by atoms with Gasteiger partial charge in [-0.3, -0.25) is 4.79 Å². The zero-order chi connectivity index (χ0) is 15.2. The fourth-order valence-electron chi connectivity index (χ4n) is 2.70. The van der Waals surface area contributed by atoms with Crippen LogP contribution >= 0.6 is 0 Å². The van der Waals surface area contributed by atoms with Crippen LogP contribution in [0.5, 0.6) is 5.75 Å². The van der Waals surface area contributed by atoms with Crippen LogP contribution in [0.2, 0.25) is 0 Å². The van der Waals surface area contributed by atoms with Crippen molar-refractivity contribution in [2.75, 3.05) is 0 Å². The first-order chi connectivity index (χ1) is 10.1. The Morgan fingerprint density at radius 3 is 2.76 bits per heavy atom. The average Bonchev–Trinajstić information content (AvgIpc) is 2.49. The molecule has 4 nitrogen and oxygen atoms in total. The van der Waals surface area contributed by atoms with Gasteiger partial charge < -0.3 is 15.2 Å². The Balaban J connectivity index is 1.84. The van der Waals surface area contributed by atoms with Gasteiger partial charge in [-0.2, -0.15) is 0 Å². The third-order valence-corrected chi connectivity index (χ3v) is 4.13.